The Bertz CT molecular complexity index is 244. The molecule has 0 aliphatic heterocycles. The summed E-state index contributed by atoms with van der Waals surface area (Å²) < 4.78 is 0. The van der Waals surface area contributed by atoms with Crippen LogP contribution in [0.3, 0.4) is 0 Å². The zero-order chi connectivity index (χ0) is 7.56. The average molecular weight is 156 g/mol. The van der Waals surface area contributed by atoms with Gasteiger partial charge in [0.15, 0.2) is 0 Å². The quantitative estimate of drug-likeness (QED) is 0.640. The van der Waals surface area contributed by atoms with E-state index in [1.807, 2.05) is 0 Å². The number of H-pyrrole nitrogens is 1. The molecule has 0 aliphatic rings. The maximum absolute atomic E-state index is 11.0. The summed E-state index contributed by atoms with van der Waals surface area (Å²) in [6.07, 6.45) is 3.38. The van der Waals surface area contributed by atoms with Gasteiger partial charge in [-0.05, 0) is 12.3 Å². The number of thioether (sulfide) groups is 1. The fourth-order valence-corrected chi connectivity index (χ4v) is 1.07. The number of nitrogen functional groups attached to an aromatic ring is 1. The number of carbonyl (C=O) groups excluding carboxylic acids is 1. The van der Waals surface area contributed by atoms with Gasteiger partial charge in [0.25, 0.3) is 0 Å². The maximum atomic E-state index is 11.0. The van der Waals surface area contributed by atoms with E-state index in [1.54, 1.807) is 18.5 Å². The smallest absolute Gasteiger partial charge is 0.222 e. The van der Waals surface area contributed by atoms with Crippen molar-refractivity contribution in [1.82, 2.24) is 4.98 Å². The second-order valence-electron chi connectivity index (χ2n) is 1.80. The fourth-order valence-electron chi connectivity index (χ4n) is 0.670. The first-order valence-corrected chi connectivity index (χ1v) is 3.99. The number of nitrogens with one attached hydrogen (secondary N) is 1. The van der Waals surface area contributed by atoms with Crippen LogP contribution in [0.25, 0.3) is 0 Å². The molecule has 0 atom stereocenters. The van der Waals surface area contributed by atoms with Gasteiger partial charge in [-0.15, -0.1) is 0 Å². The van der Waals surface area contributed by atoms with Gasteiger partial charge in [0, 0.05) is 6.20 Å². The van der Waals surface area contributed by atoms with Crippen molar-refractivity contribution in [3.63, 3.8) is 0 Å². The molecular formula is C6H8N2OS. The van der Waals surface area contributed by atoms with Gasteiger partial charge < -0.3 is 10.7 Å². The third-order valence-electron chi connectivity index (χ3n) is 1.18. The van der Waals surface area contributed by atoms with Gasteiger partial charge in [-0.25, -0.2) is 0 Å². The van der Waals surface area contributed by atoms with Crippen LogP contribution in [0, 0.1) is 0 Å². The fraction of sp³-hybridized carbons (Fsp3) is 0.167. The molecule has 0 radical (unpaired) electrons. The molecule has 0 fully saturated rings. The molecule has 0 aliphatic carbocycles. The molecule has 0 aromatic carbocycles. The van der Waals surface area contributed by atoms with E-state index in [2.05, 4.69) is 4.98 Å². The van der Waals surface area contributed by atoms with Gasteiger partial charge in [0.05, 0.1) is 5.56 Å². The zero-order valence-corrected chi connectivity index (χ0v) is 6.37. The highest BCUT2D eigenvalue weighted by Gasteiger charge is 2.07. The molecule has 0 amide bonds. The van der Waals surface area contributed by atoms with Gasteiger partial charge in [-0.1, -0.05) is 11.8 Å². The SMILES string of the molecule is CSC(=O)c1cc[nH]c1N. The average Bonchev–Trinajstić information content (AvgIpc) is 2.34. The predicted molar refractivity (Wildman–Crippen MR) is 43.1 cm³/mol. The Morgan fingerprint density at radius 2 is 2.50 bits per heavy atom. The van der Waals surface area contributed by atoms with Crippen LogP contribution in [0.4, 0.5) is 5.82 Å². The van der Waals surface area contributed by atoms with E-state index in [0.717, 1.165) is 11.8 Å². The Morgan fingerprint density at radius 1 is 1.80 bits per heavy atom. The molecule has 0 unspecified atom stereocenters. The molecule has 0 saturated heterocycles. The molecule has 4 heteroatoms. The van der Waals surface area contributed by atoms with Crippen LogP contribution in [-0.2, 0) is 0 Å². The molecule has 3 nitrogen and oxygen atoms in total. The normalized spacial score (nSPS) is 9.70. The van der Waals surface area contributed by atoms with E-state index in [1.165, 1.54) is 0 Å². The molecule has 1 aromatic rings. The molecule has 1 heterocycles. The number of carbonyl (C=O) groups is 1. The predicted octanol–water partition coefficient (Wildman–Crippen LogP) is 1.10. The lowest BCUT2D eigenvalue weighted by Crippen LogP contribution is -1.95. The van der Waals surface area contributed by atoms with Crippen LogP contribution in [0.2, 0.25) is 0 Å². The molecule has 0 spiro atoms. The van der Waals surface area contributed by atoms with Gasteiger partial charge in [-0.3, -0.25) is 4.79 Å². The number of rotatable bonds is 1. The number of anilines is 1. The summed E-state index contributed by atoms with van der Waals surface area (Å²) in [5, 5.41) is -0.00116. The maximum Gasteiger partial charge on any atom is 0.222 e. The minimum absolute atomic E-state index is 0.00116. The molecule has 0 saturated carbocycles. The summed E-state index contributed by atoms with van der Waals surface area (Å²) >= 11 is 1.16. The van der Waals surface area contributed by atoms with Crippen LogP contribution < -0.4 is 5.73 Å². The molecular weight excluding hydrogens is 148 g/mol. The van der Waals surface area contributed by atoms with Gasteiger partial charge in [-0.2, -0.15) is 0 Å². The van der Waals surface area contributed by atoms with E-state index in [9.17, 15) is 4.79 Å². The number of aromatic amines is 1. The summed E-state index contributed by atoms with van der Waals surface area (Å²) in [5.41, 5.74) is 5.99. The van der Waals surface area contributed by atoms with E-state index in [-0.39, 0.29) is 5.12 Å². The van der Waals surface area contributed by atoms with Crippen molar-refractivity contribution in [3.05, 3.63) is 17.8 Å². The third kappa shape index (κ3) is 1.16. The van der Waals surface area contributed by atoms with Crippen molar-refractivity contribution in [2.75, 3.05) is 12.0 Å². The first-order valence-electron chi connectivity index (χ1n) is 2.77. The Kier molecular flexibility index (Phi) is 2.01. The van der Waals surface area contributed by atoms with Crippen molar-refractivity contribution in [3.8, 4) is 0 Å². The molecule has 10 heavy (non-hydrogen) atoms. The standard InChI is InChI=1S/C6H8N2OS/c1-10-6(9)4-2-3-8-5(4)7/h2-3,8H,7H2,1H3. The van der Waals surface area contributed by atoms with Crippen LogP contribution in [0.5, 0.6) is 0 Å². The Labute approximate surface area is 63.0 Å². The highest BCUT2D eigenvalue weighted by atomic mass is 32.2. The lowest BCUT2D eigenvalue weighted by molar-refractivity contribution is 0.109. The summed E-state index contributed by atoms with van der Waals surface area (Å²) in [5.74, 6) is 0.444. The highest BCUT2D eigenvalue weighted by molar-refractivity contribution is 8.13. The summed E-state index contributed by atoms with van der Waals surface area (Å²) in [4.78, 5) is 13.7. The minimum Gasteiger partial charge on any atom is -0.385 e. The topological polar surface area (TPSA) is 58.9 Å². The lowest BCUT2D eigenvalue weighted by Gasteiger charge is -1.92. The van der Waals surface area contributed by atoms with Crippen molar-refractivity contribution in [2.45, 2.75) is 0 Å². The second kappa shape index (κ2) is 2.79. The van der Waals surface area contributed by atoms with Crippen molar-refractivity contribution in [1.29, 1.82) is 0 Å². The lowest BCUT2D eigenvalue weighted by atomic mass is 10.3. The molecule has 3 N–H and O–H groups in total. The van der Waals surface area contributed by atoms with Crippen LogP contribution in [0.15, 0.2) is 12.3 Å². The Balaban J connectivity index is 2.93. The van der Waals surface area contributed by atoms with Crippen LogP contribution >= 0.6 is 11.8 Å². The largest absolute Gasteiger partial charge is 0.385 e. The van der Waals surface area contributed by atoms with Crippen molar-refractivity contribution < 1.29 is 4.79 Å². The zero-order valence-electron chi connectivity index (χ0n) is 5.55. The molecule has 1 rings (SSSR count). The first-order chi connectivity index (χ1) is 4.75. The van der Waals surface area contributed by atoms with E-state index >= 15 is 0 Å². The van der Waals surface area contributed by atoms with Gasteiger partial charge in [0.1, 0.15) is 5.82 Å². The number of nitrogens with two attached hydrogens (primary N) is 1. The number of hydrogen-bond acceptors (Lipinski definition) is 3. The van der Waals surface area contributed by atoms with Crippen LogP contribution in [-0.4, -0.2) is 16.4 Å². The number of aromatic nitrogens is 1. The highest BCUT2D eigenvalue weighted by Crippen LogP contribution is 2.14. The molecule has 54 valence electrons. The Hall–Kier alpha value is -0.900. The minimum atomic E-state index is -0.00116. The molecule has 0 bridgehead atoms. The van der Waals surface area contributed by atoms with Crippen molar-refractivity contribution in [2.24, 2.45) is 0 Å². The van der Waals surface area contributed by atoms with E-state index < -0.39 is 0 Å². The van der Waals surface area contributed by atoms with E-state index in [4.69, 9.17) is 5.73 Å². The number of hydrogen-bond donors (Lipinski definition) is 2. The monoisotopic (exact) mass is 156 g/mol. The first kappa shape index (κ1) is 7.21. The summed E-state index contributed by atoms with van der Waals surface area (Å²) in [6, 6.07) is 1.67. The van der Waals surface area contributed by atoms with Gasteiger partial charge in [0.2, 0.25) is 5.12 Å². The van der Waals surface area contributed by atoms with Crippen LogP contribution in [0.1, 0.15) is 10.4 Å². The summed E-state index contributed by atoms with van der Waals surface area (Å²) in [7, 11) is 0. The Morgan fingerprint density at radius 3 is 2.90 bits per heavy atom. The third-order valence-corrected chi connectivity index (χ3v) is 1.78. The van der Waals surface area contributed by atoms with Crippen molar-refractivity contribution >= 4 is 22.7 Å². The van der Waals surface area contributed by atoms with Gasteiger partial charge >= 0.3 is 0 Å². The van der Waals surface area contributed by atoms with E-state index in [0.29, 0.717) is 11.4 Å². The second-order valence-corrected chi connectivity index (χ2v) is 2.58. The summed E-state index contributed by atoms with van der Waals surface area (Å²) in [6.45, 7) is 0. The molecule has 1 aromatic heterocycles.